The molecule has 0 atom stereocenters. The van der Waals surface area contributed by atoms with Gasteiger partial charge in [-0.15, -0.1) is 0 Å². The maximum atomic E-state index is 14.7. The summed E-state index contributed by atoms with van der Waals surface area (Å²) in [5.41, 5.74) is 6.54. The van der Waals surface area contributed by atoms with Gasteiger partial charge >= 0.3 is 12.1 Å². The lowest BCUT2D eigenvalue weighted by Crippen LogP contribution is -2.16. The number of hydrogen-bond acceptors (Lipinski definition) is 5. The van der Waals surface area contributed by atoms with Gasteiger partial charge in [0.2, 0.25) is 0 Å². The van der Waals surface area contributed by atoms with E-state index in [1.54, 1.807) is 30.3 Å². The molecule has 10 heteroatoms. The normalized spacial score (nSPS) is 11.2. The summed E-state index contributed by atoms with van der Waals surface area (Å²) < 4.78 is 34.0. The van der Waals surface area contributed by atoms with E-state index in [0.717, 1.165) is 6.07 Å². The van der Waals surface area contributed by atoms with Gasteiger partial charge in [0, 0.05) is 17.4 Å². The molecule has 0 fully saturated rings. The number of carbonyl (C=O) groups is 1. The maximum absolute atomic E-state index is 14.7. The van der Waals surface area contributed by atoms with E-state index >= 15 is 0 Å². The van der Waals surface area contributed by atoms with Crippen LogP contribution >= 0.6 is 0 Å². The molecule has 0 saturated heterocycles. The number of nitrogens with two attached hydrogens (primary N) is 1. The number of aromatic nitrogens is 4. The zero-order valence-corrected chi connectivity index (χ0v) is 16.9. The molecule has 164 valence electrons. The molecule has 0 aliphatic rings. The van der Waals surface area contributed by atoms with E-state index < -0.39 is 17.7 Å². The van der Waals surface area contributed by atoms with Crippen LogP contribution < -0.4 is 16.0 Å². The van der Waals surface area contributed by atoms with Crippen molar-refractivity contribution in [3.8, 4) is 17.1 Å². The fourth-order valence-electron chi connectivity index (χ4n) is 3.75. The van der Waals surface area contributed by atoms with Gasteiger partial charge in [0.15, 0.2) is 5.82 Å². The van der Waals surface area contributed by atoms with Gasteiger partial charge < -0.3 is 15.5 Å². The summed E-state index contributed by atoms with van der Waals surface area (Å²) in [5.74, 6) is -1.28. The molecule has 0 radical (unpaired) electrons. The third-order valence-electron chi connectivity index (χ3n) is 5.20. The minimum atomic E-state index is -1.10. The van der Waals surface area contributed by atoms with E-state index in [2.05, 4.69) is 24.9 Å². The van der Waals surface area contributed by atoms with Gasteiger partial charge in [-0.05, 0) is 41.5 Å². The van der Waals surface area contributed by atoms with Crippen LogP contribution in [0.1, 0.15) is 11.3 Å². The highest BCUT2D eigenvalue weighted by molar-refractivity contribution is 5.85. The molecule has 0 aliphatic heterocycles. The van der Waals surface area contributed by atoms with Gasteiger partial charge in [-0.25, -0.2) is 18.7 Å². The summed E-state index contributed by atoms with van der Waals surface area (Å²) in [5, 5.41) is 7.83. The molecule has 2 aromatic heterocycles. The van der Waals surface area contributed by atoms with Crippen molar-refractivity contribution in [2.75, 3.05) is 0 Å². The summed E-state index contributed by atoms with van der Waals surface area (Å²) in [7, 11) is 0. The lowest BCUT2D eigenvalue weighted by Gasteiger charge is -2.09. The van der Waals surface area contributed by atoms with E-state index in [1.165, 1.54) is 12.1 Å². The van der Waals surface area contributed by atoms with Gasteiger partial charge in [0.25, 0.3) is 5.56 Å². The van der Waals surface area contributed by atoms with Crippen LogP contribution in [-0.2, 0) is 6.42 Å². The first-order chi connectivity index (χ1) is 15.9. The number of amides is 1. The van der Waals surface area contributed by atoms with Crippen molar-refractivity contribution in [3.63, 3.8) is 0 Å². The van der Waals surface area contributed by atoms with Crippen molar-refractivity contribution in [1.29, 1.82) is 0 Å². The Morgan fingerprint density at radius 2 is 1.82 bits per heavy atom. The van der Waals surface area contributed by atoms with Gasteiger partial charge in [0.1, 0.15) is 11.3 Å². The van der Waals surface area contributed by atoms with Crippen molar-refractivity contribution < 1.29 is 18.3 Å². The van der Waals surface area contributed by atoms with E-state index in [4.69, 9.17) is 5.73 Å². The molecule has 0 bridgehead atoms. The number of imidazole rings is 1. The fraction of sp³-hybridized carbons (Fsp3) is 0.0435. The first-order valence-electron chi connectivity index (χ1n) is 9.80. The van der Waals surface area contributed by atoms with Crippen molar-refractivity contribution in [2.45, 2.75) is 6.42 Å². The Kier molecular flexibility index (Phi) is 4.82. The molecule has 0 unspecified atom stereocenters. The van der Waals surface area contributed by atoms with E-state index in [-0.39, 0.29) is 33.7 Å². The number of nitrogens with zero attached hydrogens (tertiary/aromatic N) is 2. The molecule has 2 heterocycles. The molecule has 8 nitrogen and oxygen atoms in total. The predicted octanol–water partition coefficient (Wildman–Crippen LogP) is 3.79. The number of rotatable bonds is 4. The predicted molar refractivity (Wildman–Crippen MR) is 117 cm³/mol. The summed E-state index contributed by atoms with van der Waals surface area (Å²) in [4.78, 5) is 29.4. The molecule has 0 aliphatic carbocycles. The van der Waals surface area contributed by atoms with Crippen LogP contribution in [0.3, 0.4) is 0 Å². The summed E-state index contributed by atoms with van der Waals surface area (Å²) >= 11 is 0. The van der Waals surface area contributed by atoms with Crippen molar-refractivity contribution in [1.82, 2.24) is 20.2 Å². The molecule has 0 saturated carbocycles. The van der Waals surface area contributed by atoms with Crippen LogP contribution in [0.2, 0.25) is 0 Å². The van der Waals surface area contributed by atoms with Gasteiger partial charge in [-0.2, -0.15) is 10.1 Å². The lowest BCUT2D eigenvalue weighted by molar-refractivity contribution is 0.207. The highest BCUT2D eigenvalue weighted by Crippen LogP contribution is 2.30. The van der Waals surface area contributed by atoms with E-state index in [9.17, 15) is 18.4 Å². The minimum absolute atomic E-state index is 0.0736. The molecule has 0 spiro atoms. The Balaban J connectivity index is 1.56. The number of carbonyl (C=O) groups excluding carboxylic acids is 1. The number of ether oxygens (including phenoxy) is 1. The second-order valence-electron chi connectivity index (χ2n) is 7.35. The smallest absolute Gasteiger partial charge is 0.376 e. The molecular formula is C23H15F2N5O3. The highest BCUT2D eigenvalue weighted by atomic mass is 19.1. The second kappa shape index (κ2) is 7.83. The Morgan fingerprint density at radius 1 is 1.03 bits per heavy atom. The van der Waals surface area contributed by atoms with Gasteiger partial charge in [-0.1, -0.05) is 24.3 Å². The zero-order valence-electron chi connectivity index (χ0n) is 16.9. The standard InChI is InChI=1S/C23H15F2N5O3/c24-16-6-5-11(8-18-13-3-1-2-4-14(13)21(31)30-29-18)7-15(16)12-9-17(25)20-19(10-12)27-23(28-20)33-22(26)32/h1-7,9-10H,8H2,(H2,26,32)(H,27,28)(H,30,31). The van der Waals surface area contributed by atoms with Crippen LogP contribution in [0, 0.1) is 11.6 Å². The minimum Gasteiger partial charge on any atom is -0.376 e. The molecule has 5 rings (SSSR count). The van der Waals surface area contributed by atoms with Crippen LogP contribution in [0.4, 0.5) is 13.6 Å². The fourth-order valence-corrected chi connectivity index (χ4v) is 3.75. The van der Waals surface area contributed by atoms with Crippen LogP contribution in [-0.4, -0.2) is 26.3 Å². The first-order valence-corrected chi connectivity index (χ1v) is 9.80. The summed E-state index contributed by atoms with van der Waals surface area (Å²) in [6.07, 6.45) is -0.785. The number of primary amides is 1. The number of nitrogens with one attached hydrogen (secondary N) is 2. The first kappa shape index (κ1) is 20.3. The van der Waals surface area contributed by atoms with Crippen LogP contribution in [0.5, 0.6) is 6.01 Å². The zero-order chi connectivity index (χ0) is 23.1. The number of aromatic amines is 2. The number of H-pyrrole nitrogens is 2. The monoisotopic (exact) mass is 447 g/mol. The molecule has 4 N–H and O–H groups in total. The quantitative estimate of drug-likeness (QED) is 0.386. The number of hydrogen-bond donors (Lipinski definition) is 3. The van der Waals surface area contributed by atoms with Crippen molar-refractivity contribution >= 4 is 27.9 Å². The Bertz CT molecular complexity index is 1610. The van der Waals surface area contributed by atoms with Gasteiger partial charge in [0.05, 0.1) is 16.6 Å². The number of benzene rings is 3. The lowest BCUT2D eigenvalue weighted by atomic mass is 9.98. The molecular weight excluding hydrogens is 432 g/mol. The van der Waals surface area contributed by atoms with Gasteiger partial charge in [-0.3, -0.25) is 4.79 Å². The maximum Gasteiger partial charge on any atom is 0.412 e. The van der Waals surface area contributed by atoms with E-state index in [1.807, 2.05) is 6.07 Å². The summed E-state index contributed by atoms with van der Waals surface area (Å²) in [6, 6.07) is 13.9. The topological polar surface area (TPSA) is 127 Å². The van der Waals surface area contributed by atoms with E-state index in [0.29, 0.717) is 28.5 Å². The third-order valence-corrected chi connectivity index (χ3v) is 5.20. The molecule has 1 amide bonds. The Morgan fingerprint density at radius 3 is 2.61 bits per heavy atom. The second-order valence-corrected chi connectivity index (χ2v) is 7.35. The van der Waals surface area contributed by atoms with Crippen molar-refractivity contribution in [2.24, 2.45) is 5.73 Å². The average Bonchev–Trinajstić information content (AvgIpc) is 3.19. The largest absolute Gasteiger partial charge is 0.412 e. The van der Waals surface area contributed by atoms with Crippen LogP contribution in [0.25, 0.3) is 32.9 Å². The molecule has 5 aromatic rings. The Hall–Kier alpha value is -4.60. The number of fused-ring (bicyclic) bond motifs is 2. The Labute approximate surface area is 184 Å². The third kappa shape index (κ3) is 3.78. The molecule has 33 heavy (non-hydrogen) atoms. The molecule has 3 aromatic carbocycles. The summed E-state index contributed by atoms with van der Waals surface area (Å²) in [6.45, 7) is 0. The average molecular weight is 447 g/mol. The van der Waals surface area contributed by atoms with Crippen LogP contribution in [0.15, 0.2) is 59.4 Å². The van der Waals surface area contributed by atoms with Crippen molar-refractivity contribution in [3.05, 3.63) is 87.8 Å². The number of halogens is 2. The highest BCUT2D eigenvalue weighted by Gasteiger charge is 2.16. The SMILES string of the molecule is NC(=O)Oc1nc2c(F)cc(-c3cc(Cc4n[nH]c(=O)c5ccccc45)ccc3F)cc2[nH]1.